The van der Waals surface area contributed by atoms with Gasteiger partial charge in [0.1, 0.15) is 17.2 Å². The van der Waals surface area contributed by atoms with Gasteiger partial charge in [0, 0.05) is 0 Å². The van der Waals surface area contributed by atoms with Crippen LogP contribution in [0.25, 0.3) is 43.4 Å². The maximum atomic E-state index is 4.91. The molecule has 3 nitrogen and oxygen atoms in total. The molecule has 11 aromatic carbocycles. The van der Waals surface area contributed by atoms with Gasteiger partial charge >= 0.3 is 0 Å². The van der Waals surface area contributed by atoms with Gasteiger partial charge in [-0.05, 0) is 114 Å². The number of fused-ring (bicyclic) bond motifs is 3. The normalized spacial score (nSPS) is 7.33. The molecule has 0 radical (unpaired) electrons. The van der Waals surface area contributed by atoms with E-state index >= 15 is 0 Å². The second kappa shape index (κ2) is 96.5. The zero-order valence-electron chi connectivity index (χ0n) is 64.4. The van der Waals surface area contributed by atoms with Crippen LogP contribution in [0.5, 0.6) is 17.2 Å². The summed E-state index contributed by atoms with van der Waals surface area (Å²) < 4.78 is 14.7. The van der Waals surface area contributed by atoms with E-state index in [1.165, 1.54) is 43.4 Å². The quantitative estimate of drug-likeness (QED) is 0.164. The number of rotatable bonds is 4. The second-order valence-electron chi connectivity index (χ2n) is 15.8. The van der Waals surface area contributed by atoms with Crippen LogP contribution in [0.1, 0.15) is 145 Å². The molecule has 0 fully saturated rings. The van der Waals surface area contributed by atoms with Crippen LogP contribution in [-0.4, -0.2) is 21.3 Å². The Morgan fingerprint density at radius 1 is 0.175 bits per heavy atom. The van der Waals surface area contributed by atoms with Gasteiger partial charge in [-0.15, -0.1) is 61.7 Å². The topological polar surface area (TPSA) is 27.7 Å². The predicted molar refractivity (Wildman–Crippen MR) is 446 cm³/mol. The minimum absolute atomic E-state index is 0.910. The van der Waals surface area contributed by atoms with E-state index in [0.29, 0.717) is 0 Å². The number of hydrogen-bond donors (Lipinski definition) is 0. The minimum Gasteiger partial charge on any atom is -0.497 e. The van der Waals surface area contributed by atoms with Crippen LogP contribution in [0.15, 0.2) is 297 Å². The summed E-state index contributed by atoms with van der Waals surface area (Å²) in [6, 6.07) is 100.0. The van der Waals surface area contributed by atoms with Crippen molar-refractivity contribution in [3.63, 3.8) is 0 Å². The summed E-state index contributed by atoms with van der Waals surface area (Å²) in [7, 11) is 4.99. The lowest BCUT2D eigenvalue weighted by atomic mass is 10.1. The molecule has 0 unspecified atom stereocenters. The average Bonchev–Trinajstić information content (AvgIpc) is 1.41. The summed E-state index contributed by atoms with van der Waals surface area (Å²) in [6.07, 6.45) is 23.0. The zero-order chi connectivity index (χ0) is 75.7. The summed E-state index contributed by atoms with van der Waals surface area (Å²) in [4.78, 5) is 0. The van der Waals surface area contributed by atoms with Crippen molar-refractivity contribution >= 4 is 32.3 Å². The van der Waals surface area contributed by atoms with Gasteiger partial charge in [-0.3, -0.25) is 0 Å². The molecule has 0 bridgehead atoms. The number of hydrogen-bond acceptors (Lipinski definition) is 3. The SMILES string of the molecule is C#CC.C#CC.C#CC.C#CC.C#CC.CC.CC.CC.CC.CC.CC.CC.CC.COc1ccccc1.COc1ccccc1.COc1ccccc1.c1ccc(-c2ccccc2)cc1.c1ccc2ccccc2c1.c1ccc2ccccc2c1.c1ccc2ccccc2c1. The molecule has 0 spiro atoms. The molecule has 0 aliphatic heterocycles. The Labute approximate surface area is 597 Å². The van der Waals surface area contributed by atoms with E-state index in [9.17, 15) is 0 Å². The Morgan fingerprint density at radius 3 is 0.361 bits per heavy atom. The molecule has 0 heterocycles. The van der Waals surface area contributed by atoms with Crippen molar-refractivity contribution in [1.82, 2.24) is 0 Å². The zero-order valence-corrected chi connectivity index (χ0v) is 64.4. The van der Waals surface area contributed by atoms with Crippen molar-refractivity contribution < 1.29 is 14.2 Å². The third-order valence-corrected chi connectivity index (χ3v) is 9.79. The maximum Gasteiger partial charge on any atom is 0.118 e. The summed E-state index contributed by atoms with van der Waals surface area (Å²) in [6.45, 7) is 40.3. The van der Waals surface area contributed by atoms with E-state index in [0.717, 1.165) is 17.2 Å². The first-order valence-corrected chi connectivity index (χ1v) is 33.8. The molecule has 97 heavy (non-hydrogen) atoms. The van der Waals surface area contributed by atoms with Crippen molar-refractivity contribution in [3.8, 4) is 90.1 Å². The number of terminal acetylenes is 5. The van der Waals surface area contributed by atoms with Gasteiger partial charge < -0.3 is 14.2 Å². The van der Waals surface area contributed by atoms with Crippen molar-refractivity contribution in [2.24, 2.45) is 0 Å². The van der Waals surface area contributed by atoms with E-state index in [1.807, 2.05) is 214 Å². The van der Waals surface area contributed by atoms with Crippen LogP contribution < -0.4 is 14.2 Å². The van der Waals surface area contributed by atoms with Crippen LogP contribution >= 0.6 is 0 Å². The van der Waals surface area contributed by atoms with Crippen molar-refractivity contribution in [1.29, 1.82) is 0 Å². The fraction of sp³-hybridized carbons (Fsp3) is 0.255. The van der Waals surface area contributed by atoms with Gasteiger partial charge in [0.25, 0.3) is 0 Å². The number of ether oxygens (including phenoxy) is 3. The molecule has 11 aromatic rings. The van der Waals surface area contributed by atoms with Crippen molar-refractivity contribution in [3.05, 3.63) is 297 Å². The Bertz CT molecular complexity index is 2850. The van der Waals surface area contributed by atoms with E-state index in [4.69, 9.17) is 14.2 Å². The second-order valence-corrected chi connectivity index (χ2v) is 15.8. The fourth-order valence-electron chi connectivity index (χ4n) is 6.33. The predicted octanol–water partition coefficient (Wildman–Crippen LogP) is 28.4. The van der Waals surface area contributed by atoms with Gasteiger partial charge in [-0.25, -0.2) is 0 Å². The molecule has 520 valence electrons. The first kappa shape index (κ1) is 105. The van der Waals surface area contributed by atoms with E-state index in [2.05, 4.69) is 256 Å². The monoisotopic (exact) mass is 1300 g/mol. The summed E-state index contributed by atoms with van der Waals surface area (Å²) >= 11 is 0. The summed E-state index contributed by atoms with van der Waals surface area (Å²) in [5.41, 5.74) is 2.55. The van der Waals surface area contributed by atoms with Gasteiger partial charge in [-0.1, -0.05) is 372 Å². The molecule has 0 saturated heterocycles. The lowest BCUT2D eigenvalue weighted by Crippen LogP contribution is -1.78. The molecule has 3 heteroatoms. The Morgan fingerprint density at radius 2 is 0.268 bits per heavy atom. The first-order valence-electron chi connectivity index (χ1n) is 33.8. The Hall–Kier alpha value is -10.6. The molecule has 0 aromatic heterocycles. The molecule has 0 N–H and O–H groups in total. The maximum absolute atomic E-state index is 4.91. The fourth-order valence-corrected chi connectivity index (χ4v) is 6.33. The highest BCUT2D eigenvalue weighted by atomic mass is 16.5. The van der Waals surface area contributed by atoms with E-state index < -0.39 is 0 Å². The Balaban J connectivity index is -0.000000125. The standard InChI is InChI=1S/C12H10.3C10H8.3C7H8O.5C3H4.8C2H6/c1-3-7-11(8-4-1)12-9-5-2-6-10-12;3*1-2-6-10-8-4-3-7-9(10)5-1;3*1-8-7-5-3-2-4-6-7;5*1-3-2;8*1-2/h1-10H;3*1-8H;3*2-6H,1H3;5*1H,2H3;8*1-2H3. The smallest absolute Gasteiger partial charge is 0.118 e. The van der Waals surface area contributed by atoms with Crippen LogP contribution in [0.4, 0.5) is 0 Å². The molecule has 11 rings (SSSR count). The average molecular weight is 1300 g/mol. The lowest BCUT2D eigenvalue weighted by molar-refractivity contribution is 0.414. The highest BCUT2D eigenvalue weighted by Gasteiger charge is 1.92. The van der Waals surface area contributed by atoms with Gasteiger partial charge in [0.2, 0.25) is 0 Å². The number of benzene rings is 11. The highest BCUT2D eigenvalue weighted by Crippen LogP contribution is 2.18. The molecular formula is C94H126O3. The molecule has 0 amide bonds. The number of para-hydroxylation sites is 3. The lowest BCUT2D eigenvalue weighted by Gasteiger charge is -1.98. The minimum atomic E-state index is 0.910. The third-order valence-electron chi connectivity index (χ3n) is 9.79. The summed E-state index contributed by atoms with van der Waals surface area (Å²) in [5, 5.41) is 7.86. The van der Waals surface area contributed by atoms with Crippen molar-refractivity contribution in [2.45, 2.75) is 145 Å². The van der Waals surface area contributed by atoms with Crippen molar-refractivity contribution in [2.75, 3.05) is 21.3 Å². The largest absolute Gasteiger partial charge is 0.497 e. The van der Waals surface area contributed by atoms with Crippen LogP contribution in [0, 0.1) is 61.7 Å². The molecular weight excluding hydrogens is 1180 g/mol. The molecule has 0 saturated carbocycles. The van der Waals surface area contributed by atoms with Gasteiger partial charge in [0.15, 0.2) is 0 Å². The third kappa shape index (κ3) is 68.1. The van der Waals surface area contributed by atoms with Crippen LogP contribution in [0.2, 0.25) is 0 Å². The van der Waals surface area contributed by atoms with E-state index in [1.54, 1.807) is 55.9 Å². The van der Waals surface area contributed by atoms with E-state index in [-0.39, 0.29) is 0 Å². The summed E-state index contributed by atoms with van der Waals surface area (Å²) in [5.74, 6) is 14.0. The number of methoxy groups -OCH3 is 3. The highest BCUT2D eigenvalue weighted by molar-refractivity contribution is 5.83. The van der Waals surface area contributed by atoms with Gasteiger partial charge in [0.05, 0.1) is 21.3 Å². The van der Waals surface area contributed by atoms with Crippen LogP contribution in [0.3, 0.4) is 0 Å². The molecule has 0 aliphatic rings. The Kier molecular flexibility index (Phi) is 105. The molecule has 0 atom stereocenters. The first-order chi connectivity index (χ1) is 47.7. The van der Waals surface area contributed by atoms with Gasteiger partial charge in [-0.2, -0.15) is 0 Å². The molecule has 0 aliphatic carbocycles. The van der Waals surface area contributed by atoms with Crippen LogP contribution in [-0.2, 0) is 0 Å².